The van der Waals surface area contributed by atoms with Gasteiger partial charge in [0.25, 0.3) is 5.91 Å². The first-order chi connectivity index (χ1) is 22.6. The van der Waals surface area contributed by atoms with Crippen LogP contribution in [-0.4, -0.2) is 52.5 Å². The van der Waals surface area contributed by atoms with Gasteiger partial charge >= 0.3 is 0 Å². The van der Waals surface area contributed by atoms with Crippen molar-refractivity contribution in [2.24, 2.45) is 0 Å². The minimum atomic E-state index is -3.04. The number of benzene rings is 3. The molecule has 238 valence electrons. The van der Waals surface area contributed by atoms with Gasteiger partial charge in [-0.25, -0.2) is 31.7 Å². The average molecular weight is 654 g/mol. The maximum Gasteiger partial charge on any atom is 0.261 e. The number of fused-ring (bicyclic) bond motifs is 1. The zero-order valence-electron chi connectivity index (χ0n) is 25.1. The largest absolute Gasteiger partial charge is 0.324 e. The molecule has 3 heterocycles. The number of sulfone groups is 1. The van der Waals surface area contributed by atoms with Gasteiger partial charge in [0.15, 0.2) is 0 Å². The van der Waals surface area contributed by atoms with Crippen LogP contribution in [0, 0.1) is 11.6 Å². The topological polar surface area (TPSA) is 130 Å². The van der Waals surface area contributed by atoms with E-state index in [1.54, 1.807) is 35.0 Å². The van der Waals surface area contributed by atoms with Gasteiger partial charge < -0.3 is 16.0 Å². The molecule has 6 rings (SSSR count). The van der Waals surface area contributed by atoms with Crippen LogP contribution in [0.2, 0.25) is 0 Å². The Bertz CT molecular complexity index is 2190. The number of anilines is 3. The fraction of sp³-hybridized carbons (Fsp3) is 0.118. The van der Waals surface area contributed by atoms with Gasteiger partial charge in [0.05, 0.1) is 22.5 Å². The third kappa shape index (κ3) is 7.48. The second kappa shape index (κ2) is 13.4. The van der Waals surface area contributed by atoms with Crippen molar-refractivity contribution in [2.75, 3.05) is 29.2 Å². The summed E-state index contributed by atoms with van der Waals surface area (Å²) in [5.41, 5.74) is 4.64. The molecule has 0 spiro atoms. The van der Waals surface area contributed by atoms with E-state index in [0.717, 1.165) is 28.9 Å². The first kappa shape index (κ1) is 31.5. The number of hydrogen-bond acceptors (Lipinski definition) is 8. The Kier molecular flexibility index (Phi) is 9.00. The summed E-state index contributed by atoms with van der Waals surface area (Å²) in [4.78, 5) is 22.0. The number of nitrogens with zero attached hydrogens (tertiary/aromatic N) is 4. The molecule has 3 N–H and O–H groups in total. The first-order valence-electron chi connectivity index (χ1n) is 14.6. The van der Waals surface area contributed by atoms with E-state index in [1.165, 1.54) is 12.3 Å². The van der Waals surface area contributed by atoms with Crippen LogP contribution in [0.5, 0.6) is 0 Å². The molecule has 47 heavy (non-hydrogen) atoms. The molecule has 10 nitrogen and oxygen atoms in total. The van der Waals surface area contributed by atoms with Crippen molar-refractivity contribution >= 4 is 38.6 Å². The highest BCUT2D eigenvalue weighted by molar-refractivity contribution is 7.90. The molecule has 0 saturated heterocycles. The fourth-order valence-electron chi connectivity index (χ4n) is 5.04. The predicted octanol–water partition coefficient (Wildman–Crippen LogP) is 5.87. The monoisotopic (exact) mass is 653 g/mol. The van der Waals surface area contributed by atoms with Gasteiger partial charge in [0.2, 0.25) is 5.95 Å². The Hall–Kier alpha value is -5.53. The summed E-state index contributed by atoms with van der Waals surface area (Å²) >= 11 is 0. The predicted molar refractivity (Wildman–Crippen MR) is 177 cm³/mol. The molecule has 0 aliphatic rings. The molecule has 0 aliphatic heterocycles. The number of rotatable bonds is 11. The van der Waals surface area contributed by atoms with Crippen LogP contribution in [0.25, 0.3) is 28.0 Å². The first-order valence-corrected chi connectivity index (χ1v) is 16.6. The summed E-state index contributed by atoms with van der Waals surface area (Å²) < 4.78 is 53.0. The van der Waals surface area contributed by atoms with E-state index < -0.39 is 32.9 Å². The molecule has 1 amide bonds. The number of nitrogens with one attached hydrogen (secondary N) is 3. The lowest BCUT2D eigenvalue weighted by Crippen LogP contribution is -2.21. The lowest BCUT2D eigenvalue weighted by atomic mass is 10.0. The smallest absolute Gasteiger partial charge is 0.261 e. The number of carbonyl (C=O) groups is 1. The normalized spacial score (nSPS) is 11.5. The Morgan fingerprint density at radius 1 is 0.894 bits per heavy atom. The molecule has 0 radical (unpaired) electrons. The summed E-state index contributed by atoms with van der Waals surface area (Å²) in [6.07, 6.45) is 4.65. The number of hydrogen-bond donors (Lipinski definition) is 3. The van der Waals surface area contributed by atoms with Crippen molar-refractivity contribution in [3.8, 4) is 22.5 Å². The highest BCUT2D eigenvalue weighted by Crippen LogP contribution is 2.35. The minimum absolute atomic E-state index is 0.0592. The fourth-order valence-corrected chi connectivity index (χ4v) is 5.56. The number of aromatic nitrogens is 4. The molecule has 0 saturated carbocycles. The van der Waals surface area contributed by atoms with Gasteiger partial charge in [-0.2, -0.15) is 5.10 Å². The van der Waals surface area contributed by atoms with Crippen molar-refractivity contribution in [2.45, 2.75) is 6.54 Å². The molecule has 0 aliphatic carbocycles. The molecule has 0 atom stereocenters. The van der Waals surface area contributed by atoms with Crippen LogP contribution < -0.4 is 16.0 Å². The number of amides is 1. The second-order valence-corrected chi connectivity index (χ2v) is 13.0. The highest BCUT2D eigenvalue weighted by atomic mass is 32.2. The van der Waals surface area contributed by atoms with E-state index >= 15 is 0 Å². The van der Waals surface area contributed by atoms with Crippen LogP contribution in [-0.2, 0) is 16.4 Å². The summed E-state index contributed by atoms with van der Waals surface area (Å²) in [6, 6.07) is 25.1. The summed E-state index contributed by atoms with van der Waals surface area (Å²) in [6.45, 7) is 0.843. The molecule has 0 fully saturated rings. The average Bonchev–Trinajstić information content (AvgIpc) is 3.43. The van der Waals surface area contributed by atoms with E-state index in [9.17, 15) is 22.0 Å². The zero-order valence-corrected chi connectivity index (χ0v) is 25.9. The molecule has 3 aromatic heterocycles. The van der Waals surface area contributed by atoms with E-state index in [0.29, 0.717) is 47.2 Å². The van der Waals surface area contributed by atoms with Crippen LogP contribution in [0.1, 0.15) is 15.9 Å². The molecule has 3 aromatic carbocycles. The molecule has 0 bridgehead atoms. The lowest BCUT2D eigenvalue weighted by Gasteiger charge is -2.10. The SMILES string of the molecule is CS(=O)(=O)CCNCc1cccc(Nc2nccc(-c3c(-c4cccc(NC(=O)c5c(F)cccc5F)c4)nn4ccccc34)n2)c1. The lowest BCUT2D eigenvalue weighted by molar-refractivity contribution is 0.101. The molecule has 13 heteroatoms. The van der Waals surface area contributed by atoms with E-state index in [1.807, 2.05) is 54.7 Å². The van der Waals surface area contributed by atoms with Crippen LogP contribution >= 0.6 is 0 Å². The van der Waals surface area contributed by atoms with Crippen molar-refractivity contribution in [3.63, 3.8) is 0 Å². The van der Waals surface area contributed by atoms with Gasteiger partial charge in [0.1, 0.15) is 32.7 Å². The van der Waals surface area contributed by atoms with E-state index in [2.05, 4.69) is 20.9 Å². The van der Waals surface area contributed by atoms with Gasteiger partial charge in [0, 0.05) is 48.7 Å². The Balaban J connectivity index is 1.28. The van der Waals surface area contributed by atoms with Crippen LogP contribution in [0.3, 0.4) is 0 Å². The quantitative estimate of drug-likeness (QED) is 0.148. The van der Waals surface area contributed by atoms with Crippen molar-refractivity contribution in [1.82, 2.24) is 24.9 Å². The van der Waals surface area contributed by atoms with Crippen molar-refractivity contribution in [3.05, 3.63) is 126 Å². The molecule has 6 aromatic rings. The molecule has 0 unspecified atom stereocenters. The molecular weight excluding hydrogens is 624 g/mol. The van der Waals surface area contributed by atoms with Gasteiger partial charge in [-0.15, -0.1) is 0 Å². The third-order valence-electron chi connectivity index (χ3n) is 7.20. The number of carbonyl (C=O) groups excluding carboxylic acids is 1. The van der Waals surface area contributed by atoms with Crippen molar-refractivity contribution in [1.29, 1.82) is 0 Å². The van der Waals surface area contributed by atoms with Gasteiger partial charge in [-0.05, 0) is 60.2 Å². The number of pyridine rings is 1. The summed E-state index contributed by atoms with van der Waals surface area (Å²) in [5, 5.41) is 13.8. The third-order valence-corrected chi connectivity index (χ3v) is 8.14. The Labute approximate surface area is 269 Å². The van der Waals surface area contributed by atoms with Crippen molar-refractivity contribution < 1.29 is 22.0 Å². The maximum absolute atomic E-state index is 14.2. The summed E-state index contributed by atoms with van der Waals surface area (Å²) in [7, 11) is -3.04. The minimum Gasteiger partial charge on any atom is -0.324 e. The highest BCUT2D eigenvalue weighted by Gasteiger charge is 2.20. The van der Waals surface area contributed by atoms with Crippen LogP contribution in [0.4, 0.5) is 26.1 Å². The number of halogens is 2. The Morgan fingerprint density at radius 2 is 1.66 bits per heavy atom. The molecular formula is C34H29F2N7O3S. The van der Waals surface area contributed by atoms with Crippen LogP contribution in [0.15, 0.2) is 103 Å². The van der Waals surface area contributed by atoms with E-state index in [4.69, 9.17) is 10.1 Å². The zero-order chi connectivity index (χ0) is 33.0. The van der Waals surface area contributed by atoms with Gasteiger partial charge in [-0.1, -0.05) is 36.4 Å². The van der Waals surface area contributed by atoms with Gasteiger partial charge in [-0.3, -0.25) is 4.79 Å². The Morgan fingerprint density at radius 3 is 2.47 bits per heavy atom. The standard InChI is InChI=1S/C34H29F2N7O3S/c1-47(45,46)18-16-37-21-22-7-4-9-24(19-22)40-34-38-15-14-28(41-34)31-29-13-2-3-17-43(29)42-32(31)23-8-5-10-25(20-23)39-33(44)30-26(35)11-6-12-27(30)36/h2-15,17,19-20,37H,16,18,21H2,1H3,(H,39,44)(H,38,40,41). The maximum atomic E-state index is 14.2. The second-order valence-electron chi connectivity index (χ2n) is 10.8. The summed E-state index contributed by atoms with van der Waals surface area (Å²) in [5.74, 6) is -2.42. The van der Waals surface area contributed by atoms with E-state index in [-0.39, 0.29) is 5.75 Å².